The van der Waals surface area contributed by atoms with E-state index in [2.05, 4.69) is 31.7 Å². The maximum Gasteiger partial charge on any atom is 0.227 e. The predicted molar refractivity (Wildman–Crippen MR) is 138 cm³/mol. The number of rotatable bonds is 6. The predicted octanol–water partition coefficient (Wildman–Crippen LogP) is 4.36. The third-order valence-corrected chi connectivity index (χ3v) is 7.82. The van der Waals surface area contributed by atoms with Gasteiger partial charge in [-0.25, -0.2) is 4.98 Å². The van der Waals surface area contributed by atoms with Crippen molar-refractivity contribution in [2.75, 3.05) is 31.6 Å². The zero-order valence-electron chi connectivity index (χ0n) is 21.8. The Morgan fingerprint density at radius 1 is 1.25 bits per heavy atom. The highest BCUT2D eigenvalue weighted by atomic mass is 16.5. The van der Waals surface area contributed by atoms with Gasteiger partial charge in [0, 0.05) is 49.1 Å². The molecule has 7 heteroatoms. The molecule has 0 unspecified atom stereocenters. The van der Waals surface area contributed by atoms with Crippen LogP contribution in [0.1, 0.15) is 73.9 Å². The second-order valence-corrected chi connectivity index (χ2v) is 10.8. The largest absolute Gasteiger partial charge is 0.496 e. The molecular formula is C29H36N4O3. The van der Waals surface area contributed by atoms with Crippen molar-refractivity contribution < 1.29 is 14.3 Å². The van der Waals surface area contributed by atoms with Crippen LogP contribution in [0.15, 0.2) is 24.3 Å². The normalized spacial score (nSPS) is 21.0. The maximum absolute atomic E-state index is 13.4. The van der Waals surface area contributed by atoms with E-state index in [1.165, 1.54) is 0 Å². The smallest absolute Gasteiger partial charge is 0.227 e. The number of fused-ring (bicyclic) bond motifs is 1. The average Bonchev–Trinajstić information content (AvgIpc) is 3.72. The van der Waals surface area contributed by atoms with Gasteiger partial charge in [0.25, 0.3) is 0 Å². The van der Waals surface area contributed by atoms with Crippen molar-refractivity contribution in [1.29, 1.82) is 5.26 Å². The summed E-state index contributed by atoms with van der Waals surface area (Å²) in [5.74, 6) is 2.13. The number of nitrogens with zero attached hydrogens (tertiary/aromatic N) is 4. The van der Waals surface area contributed by atoms with Crippen molar-refractivity contribution >= 4 is 11.7 Å². The number of benzene rings is 1. The van der Waals surface area contributed by atoms with E-state index in [1.807, 2.05) is 29.2 Å². The number of hydrogen-bond acceptors (Lipinski definition) is 6. The molecule has 1 atom stereocenters. The molecule has 0 radical (unpaired) electrons. The van der Waals surface area contributed by atoms with Crippen molar-refractivity contribution in [1.82, 2.24) is 9.88 Å². The molecule has 1 aromatic heterocycles. The van der Waals surface area contributed by atoms with Gasteiger partial charge in [-0.3, -0.25) is 4.79 Å². The van der Waals surface area contributed by atoms with Crippen molar-refractivity contribution in [3.05, 3.63) is 52.2 Å². The van der Waals surface area contributed by atoms with E-state index in [0.29, 0.717) is 44.1 Å². The van der Waals surface area contributed by atoms with Gasteiger partial charge in [-0.15, -0.1) is 0 Å². The van der Waals surface area contributed by atoms with E-state index in [0.717, 1.165) is 59.6 Å². The Kier molecular flexibility index (Phi) is 6.65. The Labute approximate surface area is 214 Å². The third kappa shape index (κ3) is 4.67. The summed E-state index contributed by atoms with van der Waals surface area (Å²) in [5, 5.41) is 10.3. The summed E-state index contributed by atoms with van der Waals surface area (Å²) in [6.45, 7) is 8.79. The minimum atomic E-state index is -0.298. The van der Waals surface area contributed by atoms with E-state index in [4.69, 9.17) is 14.5 Å². The van der Waals surface area contributed by atoms with Gasteiger partial charge < -0.3 is 19.3 Å². The standard InChI is InChI=1S/C29H36N4O3/c1-5-21-17-32(12-13-33(21)26(34)14-20-8-6-7-9-25(20)35-4)28-23(16-30)22-15-29(2,3)36-18-24(22)27(31-28)19-10-11-19/h6-9,19,21H,5,10-15,17-18H2,1-4H3/t21-/m1/s1. The average molecular weight is 489 g/mol. The molecule has 2 aliphatic heterocycles. The maximum atomic E-state index is 13.4. The number of pyridine rings is 1. The molecule has 0 bridgehead atoms. The first-order valence-corrected chi connectivity index (χ1v) is 13.1. The van der Waals surface area contributed by atoms with Gasteiger partial charge in [-0.2, -0.15) is 5.26 Å². The molecule has 2 aromatic rings. The zero-order valence-corrected chi connectivity index (χ0v) is 21.8. The summed E-state index contributed by atoms with van der Waals surface area (Å²) in [5.41, 5.74) is 4.67. The number of anilines is 1. The van der Waals surface area contributed by atoms with Gasteiger partial charge in [0.05, 0.1) is 37.0 Å². The topological polar surface area (TPSA) is 78.7 Å². The Hall–Kier alpha value is -3.11. The fourth-order valence-corrected chi connectivity index (χ4v) is 5.66. The van der Waals surface area contributed by atoms with Gasteiger partial charge in [-0.05, 0) is 44.7 Å². The molecule has 0 N–H and O–H groups in total. The lowest BCUT2D eigenvalue weighted by molar-refractivity contribution is -0.133. The number of aromatic nitrogens is 1. The summed E-state index contributed by atoms with van der Waals surface area (Å²) in [4.78, 5) is 22.7. The molecular weight excluding hydrogens is 452 g/mol. The van der Waals surface area contributed by atoms with Crippen molar-refractivity contribution in [2.45, 2.75) is 77.0 Å². The molecule has 1 saturated heterocycles. The Bertz CT molecular complexity index is 1200. The second kappa shape index (κ2) is 9.74. The summed E-state index contributed by atoms with van der Waals surface area (Å²) >= 11 is 0. The van der Waals surface area contributed by atoms with E-state index in [-0.39, 0.29) is 17.6 Å². The van der Waals surface area contributed by atoms with Gasteiger partial charge in [-0.1, -0.05) is 25.1 Å². The first-order valence-electron chi connectivity index (χ1n) is 13.1. The number of para-hydroxylation sites is 1. The molecule has 0 spiro atoms. The zero-order chi connectivity index (χ0) is 25.4. The van der Waals surface area contributed by atoms with Crippen molar-refractivity contribution in [3.8, 4) is 11.8 Å². The van der Waals surface area contributed by atoms with Crippen LogP contribution in [0.3, 0.4) is 0 Å². The monoisotopic (exact) mass is 488 g/mol. The molecule has 5 rings (SSSR count). The molecule has 3 heterocycles. The number of hydrogen-bond donors (Lipinski definition) is 0. The Morgan fingerprint density at radius 2 is 2.03 bits per heavy atom. The molecule has 1 amide bonds. The molecule has 36 heavy (non-hydrogen) atoms. The minimum absolute atomic E-state index is 0.0643. The molecule has 1 aliphatic carbocycles. The molecule has 1 saturated carbocycles. The van der Waals surface area contributed by atoms with Crippen LogP contribution < -0.4 is 9.64 Å². The second-order valence-electron chi connectivity index (χ2n) is 10.8. The number of piperazine rings is 1. The quantitative estimate of drug-likeness (QED) is 0.601. The summed E-state index contributed by atoms with van der Waals surface area (Å²) in [7, 11) is 1.64. The number of amides is 1. The van der Waals surface area contributed by atoms with Crippen LogP contribution in [0, 0.1) is 11.3 Å². The Morgan fingerprint density at radius 3 is 2.72 bits per heavy atom. The van der Waals surface area contributed by atoms with Crippen LogP contribution in [0.5, 0.6) is 5.75 Å². The molecule has 7 nitrogen and oxygen atoms in total. The first-order chi connectivity index (χ1) is 17.3. The highest BCUT2D eigenvalue weighted by molar-refractivity contribution is 5.80. The number of carbonyl (C=O) groups excluding carboxylic acids is 1. The molecule has 3 aliphatic rings. The summed E-state index contributed by atoms with van der Waals surface area (Å²) in [6.07, 6.45) is 4.18. The number of nitriles is 1. The van der Waals surface area contributed by atoms with E-state index in [9.17, 15) is 10.1 Å². The van der Waals surface area contributed by atoms with E-state index >= 15 is 0 Å². The lowest BCUT2D eigenvalue weighted by atomic mass is 9.87. The fraction of sp³-hybridized carbons (Fsp3) is 0.552. The van der Waals surface area contributed by atoms with Crippen LogP contribution >= 0.6 is 0 Å². The first kappa shape index (κ1) is 24.6. The van der Waals surface area contributed by atoms with Gasteiger partial charge in [0.15, 0.2) is 0 Å². The molecule has 2 fully saturated rings. The summed E-state index contributed by atoms with van der Waals surface area (Å²) < 4.78 is 11.6. The number of methoxy groups -OCH3 is 1. The van der Waals surface area contributed by atoms with Gasteiger partial charge in [0.1, 0.15) is 17.6 Å². The highest BCUT2D eigenvalue weighted by Gasteiger charge is 2.38. The molecule has 190 valence electrons. The van der Waals surface area contributed by atoms with E-state index < -0.39 is 0 Å². The number of carbonyl (C=O) groups is 1. The van der Waals surface area contributed by atoms with Crippen LogP contribution in [0.25, 0.3) is 0 Å². The Balaban J connectivity index is 1.41. The van der Waals surface area contributed by atoms with Crippen LogP contribution in [-0.4, -0.2) is 54.2 Å². The van der Waals surface area contributed by atoms with Crippen molar-refractivity contribution in [3.63, 3.8) is 0 Å². The van der Waals surface area contributed by atoms with Crippen molar-refractivity contribution in [2.24, 2.45) is 0 Å². The van der Waals surface area contributed by atoms with E-state index in [1.54, 1.807) is 7.11 Å². The lowest BCUT2D eigenvalue weighted by Crippen LogP contribution is -2.56. The summed E-state index contributed by atoms with van der Waals surface area (Å²) in [6, 6.07) is 10.3. The van der Waals surface area contributed by atoms with Crippen LogP contribution in [-0.2, 0) is 29.0 Å². The third-order valence-electron chi connectivity index (χ3n) is 7.82. The lowest BCUT2D eigenvalue weighted by Gasteiger charge is -2.43. The minimum Gasteiger partial charge on any atom is -0.496 e. The fourth-order valence-electron chi connectivity index (χ4n) is 5.66. The van der Waals surface area contributed by atoms with Gasteiger partial charge in [0.2, 0.25) is 5.91 Å². The highest BCUT2D eigenvalue weighted by Crippen LogP contribution is 2.46. The molecule has 1 aromatic carbocycles. The SMILES string of the molecule is CC[C@@H]1CN(c2nc(C3CC3)c3c(c2C#N)CC(C)(C)OC3)CCN1C(=O)Cc1ccccc1OC. The van der Waals surface area contributed by atoms with Crippen LogP contribution in [0.2, 0.25) is 0 Å². The van der Waals surface area contributed by atoms with Crippen LogP contribution in [0.4, 0.5) is 5.82 Å². The number of ether oxygens (including phenoxy) is 2. The van der Waals surface area contributed by atoms with Gasteiger partial charge >= 0.3 is 0 Å².